The van der Waals surface area contributed by atoms with Crippen LogP contribution >= 0.6 is 0 Å². The van der Waals surface area contributed by atoms with E-state index < -0.39 is 0 Å². The molecule has 5 nitrogen and oxygen atoms in total. The van der Waals surface area contributed by atoms with Crippen LogP contribution in [0.3, 0.4) is 0 Å². The second-order valence-corrected chi connectivity index (χ2v) is 3.94. The van der Waals surface area contributed by atoms with Crippen LogP contribution in [0.5, 0.6) is 0 Å². The first-order valence-corrected chi connectivity index (χ1v) is 5.35. The van der Waals surface area contributed by atoms with Crippen LogP contribution in [0, 0.1) is 6.92 Å². The Morgan fingerprint density at radius 3 is 2.81 bits per heavy atom. The lowest BCUT2D eigenvalue weighted by atomic mass is 10.4. The zero-order valence-corrected chi connectivity index (χ0v) is 9.94. The van der Waals surface area contributed by atoms with E-state index in [1.807, 2.05) is 42.6 Å². The minimum absolute atomic E-state index is 0.765. The largest absolute Gasteiger partial charge is 0.314 e. The maximum atomic E-state index is 4.46. The molecule has 0 aromatic carbocycles. The lowest BCUT2D eigenvalue weighted by Crippen LogP contribution is -2.09. The third-order valence-corrected chi connectivity index (χ3v) is 2.48. The van der Waals surface area contributed by atoms with Gasteiger partial charge >= 0.3 is 0 Å². The molecule has 16 heavy (non-hydrogen) atoms. The first kappa shape index (κ1) is 10.9. The normalized spacial score (nSPS) is 10.9. The molecule has 0 spiro atoms. The smallest absolute Gasteiger partial charge is 0.0828 e. The maximum absolute atomic E-state index is 4.46. The van der Waals surface area contributed by atoms with Crippen LogP contribution < -0.4 is 5.32 Å². The first-order valence-electron chi connectivity index (χ1n) is 5.35. The van der Waals surface area contributed by atoms with Crippen LogP contribution in [0.15, 0.2) is 18.3 Å². The predicted molar refractivity (Wildman–Crippen MR) is 62.0 cm³/mol. The van der Waals surface area contributed by atoms with Gasteiger partial charge in [-0.1, -0.05) is 0 Å². The van der Waals surface area contributed by atoms with Crippen molar-refractivity contribution < 1.29 is 0 Å². The summed E-state index contributed by atoms with van der Waals surface area (Å²) < 4.78 is 3.83. The van der Waals surface area contributed by atoms with Crippen molar-refractivity contribution in [2.75, 3.05) is 7.05 Å². The van der Waals surface area contributed by atoms with E-state index >= 15 is 0 Å². The van der Waals surface area contributed by atoms with Crippen LogP contribution in [0.2, 0.25) is 0 Å². The Bertz CT molecular complexity index is 468. The fraction of sp³-hybridized carbons (Fsp3) is 0.455. The molecule has 0 aliphatic carbocycles. The highest BCUT2D eigenvalue weighted by molar-refractivity contribution is 5.09. The molecule has 86 valence electrons. The molecule has 0 saturated heterocycles. The fourth-order valence-corrected chi connectivity index (χ4v) is 1.75. The van der Waals surface area contributed by atoms with Crippen molar-refractivity contribution in [1.82, 2.24) is 24.9 Å². The summed E-state index contributed by atoms with van der Waals surface area (Å²) in [5.74, 6) is 0. The van der Waals surface area contributed by atoms with Gasteiger partial charge in [-0.3, -0.25) is 9.36 Å². The topological polar surface area (TPSA) is 47.7 Å². The van der Waals surface area contributed by atoms with Gasteiger partial charge in [-0.25, -0.2) is 0 Å². The third-order valence-electron chi connectivity index (χ3n) is 2.48. The number of hydrogen-bond donors (Lipinski definition) is 1. The molecule has 0 atom stereocenters. The van der Waals surface area contributed by atoms with E-state index in [4.69, 9.17) is 0 Å². The molecular weight excluding hydrogens is 202 g/mol. The molecule has 0 bridgehead atoms. The van der Waals surface area contributed by atoms with Gasteiger partial charge in [0, 0.05) is 19.8 Å². The van der Waals surface area contributed by atoms with Crippen molar-refractivity contribution in [3.05, 3.63) is 35.4 Å². The lowest BCUT2D eigenvalue weighted by molar-refractivity contribution is 0.607. The maximum Gasteiger partial charge on any atom is 0.0828 e. The SMILES string of the molecule is CNCc1ccn(Cc2cc(C)nn2C)n1. The van der Waals surface area contributed by atoms with Crippen molar-refractivity contribution in [3.8, 4) is 0 Å². The van der Waals surface area contributed by atoms with Crippen LogP contribution in [0.1, 0.15) is 17.1 Å². The Kier molecular flexibility index (Phi) is 3.05. The molecule has 0 saturated carbocycles. The van der Waals surface area contributed by atoms with Gasteiger partial charge in [0.15, 0.2) is 0 Å². The average Bonchev–Trinajstić information content (AvgIpc) is 2.76. The first-order chi connectivity index (χ1) is 7.69. The number of aromatic nitrogens is 4. The molecule has 0 aliphatic heterocycles. The van der Waals surface area contributed by atoms with Crippen molar-refractivity contribution in [2.24, 2.45) is 7.05 Å². The van der Waals surface area contributed by atoms with Crippen molar-refractivity contribution >= 4 is 0 Å². The number of nitrogens with zero attached hydrogens (tertiary/aromatic N) is 4. The summed E-state index contributed by atoms with van der Waals surface area (Å²) in [6.07, 6.45) is 2.00. The number of aryl methyl sites for hydroxylation is 2. The molecule has 0 amide bonds. The number of nitrogens with one attached hydrogen (secondary N) is 1. The van der Waals surface area contributed by atoms with E-state index in [1.54, 1.807) is 0 Å². The molecule has 0 unspecified atom stereocenters. The van der Waals surface area contributed by atoms with Crippen LogP contribution in [-0.4, -0.2) is 26.6 Å². The molecule has 0 aliphatic rings. The van der Waals surface area contributed by atoms with E-state index in [9.17, 15) is 0 Å². The standard InChI is InChI=1S/C11H17N5/c1-9-6-11(15(3)13-9)8-16-5-4-10(14-16)7-12-2/h4-6,12H,7-8H2,1-3H3. The summed E-state index contributed by atoms with van der Waals surface area (Å²) >= 11 is 0. The zero-order valence-electron chi connectivity index (χ0n) is 9.94. The predicted octanol–water partition coefficient (Wildman–Crippen LogP) is 0.693. The summed E-state index contributed by atoms with van der Waals surface area (Å²) in [4.78, 5) is 0. The monoisotopic (exact) mass is 219 g/mol. The lowest BCUT2D eigenvalue weighted by Gasteiger charge is -2.01. The molecule has 5 heteroatoms. The summed E-state index contributed by atoms with van der Waals surface area (Å²) in [5.41, 5.74) is 3.26. The van der Waals surface area contributed by atoms with Gasteiger partial charge < -0.3 is 5.32 Å². The van der Waals surface area contributed by atoms with Crippen LogP contribution in [0.25, 0.3) is 0 Å². The Hall–Kier alpha value is -1.62. The summed E-state index contributed by atoms with van der Waals surface area (Å²) in [6.45, 7) is 3.57. The van der Waals surface area contributed by atoms with Crippen LogP contribution in [0.4, 0.5) is 0 Å². The molecule has 1 N–H and O–H groups in total. The van der Waals surface area contributed by atoms with Gasteiger partial charge in [-0.2, -0.15) is 10.2 Å². The van der Waals surface area contributed by atoms with Crippen molar-refractivity contribution in [3.63, 3.8) is 0 Å². The Morgan fingerprint density at radius 1 is 1.38 bits per heavy atom. The van der Waals surface area contributed by atoms with Gasteiger partial charge in [0.25, 0.3) is 0 Å². The molecule has 2 rings (SSSR count). The van der Waals surface area contributed by atoms with Crippen molar-refractivity contribution in [1.29, 1.82) is 0 Å². The summed E-state index contributed by atoms with van der Waals surface area (Å²) in [6, 6.07) is 4.11. The Labute approximate surface area is 95.1 Å². The summed E-state index contributed by atoms with van der Waals surface area (Å²) in [7, 11) is 3.88. The molecule has 2 aromatic rings. The minimum Gasteiger partial charge on any atom is -0.314 e. The van der Waals surface area contributed by atoms with Gasteiger partial charge in [0.2, 0.25) is 0 Å². The zero-order chi connectivity index (χ0) is 11.5. The average molecular weight is 219 g/mol. The second-order valence-electron chi connectivity index (χ2n) is 3.94. The van der Waals surface area contributed by atoms with E-state index in [-0.39, 0.29) is 0 Å². The minimum atomic E-state index is 0.765. The van der Waals surface area contributed by atoms with E-state index in [1.165, 1.54) is 0 Å². The number of hydrogen-bond acceptors (Lipinski definition) is 3. The summed E-state index contributed by atoms with van der Waals surface area (Å²) in [5, 5.41) is 11.9. The van der Waals surface area contributed by atoms with E-state index in [0.29, 0.717) is 0 Å². The number of rotatable bonds is 4. The Balaban J connectivity index is 2.11. The van der Waals surface area contributed by atoms with E-state index in [0.717, 1.165) is 30.2 Å². The van der Waals surface area contributed by atoms with E-state index in [2.05, 4.69) is 21.6 Å². The Morgan fingerprint density at radius 2 is 2.19 bits per heavy atom. The third kappa shape index (κ3) is 2.30. The highest BCUT2D eigenvalue weighted by atomic mass is 15.3. The molecular formula is C11H17N5. The molecule has 2 aromatic heterocycles. The van der Waals surface area contributed by atoms with Gasteiger partial charge in [-0.15, -0.1) is 0 Å². The molecule has 0 radical (unpaired) electrons. The van der Waals surface area contributed by atoms with Gasteiger partial charge in [0.05, 0.1) is 23.6 Å². The molecule has 2 heterocycles. The van der Waals surface area contributed by atoms with Crippen LogP contribution in [-0.2, 0) is 20.1 Å². The highest BCUT2D eigenvalue weighted by Gasteiger charge is 2.04. The second kappa shape index (κ2) is 4.49. The van der Waals surface area contributed by atoms with Gasteiger partial charge in [-0.05, 0) is 26.1 Å². The quantitative estimate of drug-likeness (QED) is 0.823. The van der Waals surface area contributed by atoms with Crippen molar-refractivity contribution in [2.45, 2.75) is 20.0 Å². The highest BCUT2D eigenvalue weighted by Crippen LogP contribution is 2.04. The fourth-order valence-electron chi connectivity index (χ4n) is 1.75. The molecule has 0 fully saturated rings. The van der Waals surface area contributed by atoms with Gasteiger partial charge in [0.1, 0.15) is 0 Å².